The summed E-state index contributed by atoms with van der Waals surface area (Å²) in [5, 5.41) is 29.8. The lowest BCUT2D eigenvalue weighted by molar-refractivity contribution is -0.385. The normalized spacial score (nSPS) is 12.6. The number of phenolic OH excluding ortho intramolecular Hbond substituents is 1. The van der Waals surface area contributed by atoms with Gasteiger partial charge in [0.2, 0.25) is 0 Å². The molecule has 0 saturated heterocycles. The van der Waals surface area contributed by atoms with Crippen LogP contribution in [0.3, 0.4) is 0 Å². The minimum absolute atomic E-state index is 0.0143. The zero-order chi connectivity index (χ0) is 29.5. The summed E-state index contributed by atoms with van der Waals surface area (Å²) in [6.07, 6.45) is 0.841. The fourth-order valence-corrected chi connectivity index (χ4v) is 6.13. The lowest BCUT2D eigenvalue weighted by Crippen LogP contribution is -2.13. The minimum Gasteiger partial charge on any atom is -0.505 e. The number of azo groups is 1. The van der Waals surface area contributed by atoms with Crippen molar-refractivity contribution in [3.63, 3.8) is 0 Å². The van der Waals surface area contributed by atoms with Crippen LogP contribution < -0.4 is 4.72 Å². The molecule has 0 unspecified atom stereocenters. The maximum atomic E-state index is 13.4. The number of sulfonamides is 1. The van der Waals surface area contributed by atoms with Crippen LogP contribution in [0.15, 0.2) is 97.7 Å². The van der Waals surface area contributed by atoms with Crippen molar-refractivity contribution in [3.05, 3.63) is 82.9 Å². The first-order chi connectivity index (χ1) is 18.6. The zero-order valence-corrected chi connectivity index (χ0v) is 22.5. The van der Waals surface area contributed by atoms with E-state index >= 15 is 0 Å². The number of hydrogen-bond acceptors (Lipinski definition) is 11. The van der Waals surface area contributed by atoms with E-state index in [9.17, 15) is 44.4 Å². The summed E-state index contributed by atoms with van der Waals surface area (Å²) in [6.45, 7) is 0. The molecular weight excluding hydrogens is 591 g/mol. The highest BCUT2D eigenvalue weighted by atomic mass is 32.3. The van der Waals surface area contributed by atoms with Crippen LogP contribution in [-0.2, 0) is 30.1 Å². The number of non-ortho nitro benzene ring substituents is 1. The number of halogens is 1. The molecule has 13 nitrogen and oxygen atoms in total. The highest BCUT2D eigenvalue weighted by Crippen LogP contribution is 2.39. The average Bonchev–Trinajstić information content (AvgIpc) is 2.87. The van der Waals surface area contributed by atoms with Gasteiger partial charge in [0, 0.05) is 29.2 Å². The Morgan fingerprint density at radius 1 is 0.825 bits per heavy atom. The van der Waals surface area contributed by atoms with Gasteiger partial charge in [-0.15, -0.1) is 14.1 Å². The number of benzene rings is 4. The van der Waals surface area contributed by atoms with Gasteiger partial charge in [-0.2, -0.15) is 8.42 Å². The molecule has 0 spiro atoms. The van der Waals surface area contributed by atoms with Gasteiger partial charge < -0.3 is 5.11 Å². The van der Waals surface area contributed by atoms with Crippen LogP contribution in [0.4, 0.5) is 26.6 Å². The summed E-state index contributed by atoms with van der Waals surface area (Å²) in [5.74, 6) is -0.448. The SMILES string of the molecule is CS(=O)(=O)c1cc([N+](=O)[O-])ccc1N=Nc1ccc2c(NS(=O)(=O)c3cccc(S(=O)(=O)F)c3)cccc2c1O. The van der Waals surface area contributed by atoms with E-state index in [0.717, 1.165) is 42.7 Å². The molecule has 4 aromatic carbocycles. The smallest absolute Gasteiger partial charge is 0.332 e. The number of nitrogens with one attached hydrogen (secondary N) is 1. The zero-order valence-electron chi connectivity index (χ0n) is 20.1. The Bertz CT molecular complexity index is 2050. The molecule has 0 atom stereocenters. The number of sulfone groups is 1. The standard InChI is InChI=1S/C23H17FN4O9S3/c1-38(32,33)22-12-14(28(30)31)8-10-20(22)25-26-21-11-9-17-18(23(21)29)6-3-7-19(17)27-40(36,37)16-5-2-4-15(13-16)39(24,34)35/h2-13,27,29H,1H3. The van der Waals surface area contributed by atoms with Crippen LogP contribution in [0.2, 0.25) is 0 Å². The van der Waals surface area contributed by atoms with Gasteiger partial charge in [-0.25, -0.2) is 16.8 Å². The van der Waals surface area contributed by atoms with E-state index < -0.39 is 61.1 Å². The predicted molar refractivity (Wildman–Crippen MR) is 142 cm³/mol. The Balaban J connectivity index is 1.73. The van der Waals surface area contributed by atoms with Gasteiger partial charge in [-0.3, -0.25) is 14.8 Å². The second kappa shape index (κ2) is 10.2. The van der Waals surface area contributed by atoms with Crippen molar-refractivity contribution in [1.82, 2.24) is 0 Å². The fourth-order valence-electron chi connectivity index (χ4n) is 3.60. The quantitative estimate of drug-likeness (QED) is 0.123. The first-order valence-corrected chi connectivity index (χ1v) is 15.6. The number of hydrogen-bond donors (Lipinski definition) is 2. The molecule has 0 aromatic heterocycles. The number of fused-ring (bicyclic) bond motifs is 1. The number of nitro groups is 1. The molecule has 0 heterocycles. The lowest BCUT2D eigenvalue weighted by Gasteiger charge is -2.12. The van der Waals surface area contributed by atoms with Crippen LogP contribution in [-0.4, -0.2) is 41.5 Å². The number of nitrogens with zero attached hydrogens (tertiary/aromatic N) is 3. The molecule has 4 rings (SSSR count). The maximum absolute atomic E-state index is 13.4. The third-order valence-corrected chi connectivity index (χ3v) is 8.78. The van der Waals surface area contributed by atoms with E-state index in [1.54, 1.807) is 0 Å². The lowest BCUT2D eigenvalue weighted by atomic mass is 10.1. The number of aromatic hydroxyl groups is 1. The van der Waals surface area contributed by atoms with Crippen molar-refractivity contribution in [2.75, 3.05) is 11.0 Å². The predicted octanol–water partition coefficient (Wildman–Crippen LogP) is 4.73. The molecule has 4 aromatic rings. The Morgan fingerprint density at radius 2 is 1.45 bits per heavy atom. The van der Waals surface area contributed by atoms with Gasteiger partial charge in [-0.05, 0) is 42.5 Å². The van der Waals surface area contributed by atoms with Crippen LogP contribution in [0.1, 0.15) is 0 Å². The fraction of sp³-hybridized carbons (Fsp3) is 0.0435. The van der Waals surface area contributed by atoms with Crippen molar-refractivity contribution < 1.29 is 39.2 Å². The van der Waals surface area contributed by atoms with Crippen LogP contribution in [0.5, 0.6) is 5.75 Å². The molecule has 0 amide bonds. The molecule has 0 saturated carbocycles. The van der Waals surface area contributed by atoms with Gasteiger partial charge in [0.05, 0.1) is 20.4 Å². The molecule has 40 heavy (non-hydrogen) atoms. The van der Waals surface area contributed by atoms with E-state index in [1.165, 1.54) is 30.3 Å². The number of phenols is 1. The summed E-state index contributed by atoms with van der Waals surface area (Å²) in [5.41, 5.74) is -0.835. The summed E-state index contributed by atoms with van der Waals surface area (Å²) in [7, 11) is -13.5. The number of nitro benzene ring substituents is 1. The summed E-state index contributed by atoms with van der Waals surface area (Å²) < 4.78 is 88.0. The third-order valence-electron chi connectivity index (χ3n) is 5.47. The summed E-state index contributed by atoms with van der Waals surface area (Å²) >= 11 is 0. The highest BCUT2D eigenvalue weighted by molar-refractivity contribution is 7.93. The van der Waals surface area contributed by atoms with Gasteiger partial charge in [-0.1, -0.05) is 18.2 Å². The summed E-state index contributed by atoms with van der Waals surface area (Å²) in [6, 6.07) is 13.5. The van der Waals surface area contributed by atoms with Crippen LogP contribution >= 0.6 is 0 Å². The second-order valence-corrected chi connectivity index (χ2v) is 13.2. The second-order valence-electron chi connectivity index (χ2n) is 8.23. The van der Waals surface area contributed by atoms with Crippen molar-refractivity contribution in [2.45, 2.75) is 14.7 Å². The minimum atomic E-state index is -5.15. The topological polar surface area (TPSA) is 203 Å². The molecule has 0 aliphatic carbocycles. The highest BCUT2D eigenvalue weighted by Gasteiger charge is 2.21. The van der Waals surface area contributed by atoms with E-state index in [2.05, 4.69) is 15.0 Å². The molecule has 0 fully saturated rings. The van der Waals surface area contributed by atoms with Crippen molar-refractivity contribution in [1.29, 1.82) is 0 Å². The first kappa shape index (κ1) is 28.5. The third kappa shape index (κ3) is 5.90. The molecule has 2 N–H and O–H groups in total. The largest absolute Gasteiger partial charge is 0.505 e. The Labute approximate surface area is 227 Å². The van der Waals surface area contributed by atoms with Crippen LogP contribution in [0, 0.1) is 10.1 Å². The average molecular weight is 609 g/mol. The summed E-state index contributed by atoms with van der Waals surface area (Å²) in [4.78, 5) is 8.45. The first-order valence-electron chi connectivity index (χ1n) is 10.8. The number of rotatable bonds is 8. The van der Waals surface area contributed by atoms with Gasteiger partial charge >= 0.3 is 10.2 Å². The molecule has 0 aliphatic heterocycles. The van der Waals surface area contributed by atoms with Crippen molar-refractivity contribution >= 4 is 63.6 Å². The molecule has 0 radical (unpaired) electrons. The number of anilines is 1. The van der Waals surface area contributed by atoms with E-state index in [1.807, 2.05) is 0 Å². The molecule has 0 bridgehead atoms. The van der Waals surface area contributed by atoms with E-state index in [4.69, 9.17) is 0 Å². The molecule has 0 aliphatic rings. The molecule has 17 heteroatoms. The molecule has 208 valence electrons. The van der Waals surface area contributed by atoms with Crippen molar-refractivity contribution in [2.24, 2.45) is 10.2 Å². The Hall–Kier alpha value is -4.48. The monoisotopic (exact) mass is 608 g/mol. The van der Waals surface area contributed by atoms with E-state index in [0.29, 0.717) is 6.07 Å². The van der Waals surface area contributed by atoms with Gasteiger partial charge in [0.25, 0.3) is 15.7 Å². The van der Waals surface area contributed by atoms with E-state index in [-0.39, 0.29) is 27.8 Å². The molecular formula is C23H17FN4O9S3. The van der Waals surface area contributed by atoms with Gasteiger partial charge in [0.1, 0.15) is 16.3 Å². The van der Waals surface area contributed by atoms with Crippen LogP contribution in [0.25, 0.3) is 10.8 Å². The maximum Gasteiger partial charge on any atom is 0.332 e. The Morgan fingerprint density at radius 3 is 2.10 bits per heavy atom. The van der Waals surface area contributed by atoms with Gasteiger partial charge in [0.15, 0.2) is 15.6 Å². The van der Waals surface area contributed by atoms with Crippen molar-refractivity contribution in [3.8, 4) is 5.75 Å². The Kier molecular flexibility index (Phi) is 7.31.